The first-order valence-corrected chi connectivity index (χ1v) is 19.1. The molecule has 8 rings (SSSR count). The standard InChI is InChI=1S/C23H24N6O.C21H24N4/c1-28(13-17-2-4-18(5-3-17)19-6-7-19)10-11-29-14-22(27-16-29)21-12-20(8-9-25-21)23(30)26-15-24;1-17-7-9-18(10-8-17)21-6-4-12-25(21)14-13-24-15-20(23-16-24)19-5-2-3-11-22-19/h2-5,8-9,12,14,16,19H,6-7,10-11,13H2,1H3,(H,26,30);2-3,5,7-11,15-16,21H,4,6,12-14H2,1H3/t;21-/m.1/s1. The summed E-state index contributed by atoms with van der Waals surface area (Å²) in [6.07, 6.45) is 17.9. The van der Waals surface area contributed by atoms with Crippen LogP contribution in [-0.2, 0) is 19.6 Å². The van der Waals surface area contributed by atoms with E-state index in [9.17, 15) is 4.79 Å². The predicted octanol–water partition coefficient (Wildman–Crippen LogP) is 7.26. The molecular formula is C44H48N10O. The first kappa shape index (κ1) is 37.4. The lowest BCUT2D eigenvalue weighted by Crippen LogP contribution is -2.27. The van der Waals surface area contributed by atoms with Crippen molar-refractivity contribution in [1.82, 2.24) is 44.2 Å². The molecule has 1 amide bonds. The van der Waals surface area contributed by atoms with Gasteiger partial charge in [-0.05, 0) is 93.1 Å². The monoisotopic (exact) mass is 732 g/mol. The van der Waals surface area contributed by atoms with E-state index >= 15 is 0 Å². The van der Waals surface area contributed by atoms with Gasteiger partial charge < -0.3 is 14.0 Å². The summed E-state index contributed by atoms with van der Waals surface area (Å²) in [6, 6.07) is 27.7. The molecule has 2 fully saturated rings. The van der Waals surface area contributed by atoms with Crippen LogP contribution in [0.2, 0.25) is 0 Å². The zero-order valence-corrected chi connectivity index (χ0v) is 31.6. The van der Waals surface area contributed by atoms with Gasteiger partial charge in [0, 0.05) is 69.1 Å². The van der Waals surface area contributed by atoms with Crippen LogP contribution in [0.1, 0.15) is 70.3 Å². The van der Waals surface area contributed by atoms with Crippen LogP contribution in [0.4, 0.5) is 0 Å². The summed E-state index contributed by atoms with van der Waals surface area (Å²) in [6.45, 7) is 7.94. The van der Waals surface area contributed by atoms with Gasteiger partial charge in [-0.1, -0.05) is 60.2 Å². The van der Waals surface area contributed by atoms with Crippen molar-refractivity contribution in [3.63, 3.8) is 0 Å². The van der Waals surface area contributed by atoms with Gasteiger partial charge in [0.15, 0.2) is 6.19 Å². The van der Waals surface area contributed by atoms with Crippen LogP contribution in [0.15, 0.2) is 116 Å². The Kier molecular flexibility index (Phi) is 12.2. The topological polar surface area (TPSA) is 121 Å². The number of amides is 1. The smallest absolute Gasteiger partial charge is 0.264 e. The SMILES string of the molecule is CN(CCn1cnc(-c2cc(C(=O)NC#N)ccn2)c1)Cc1ccc(C2CC2)cc1.Cc1ccc([C@H]2CCCN2CCn2cnc(-c3ccccn3)c2)cc1. The number of nitrogens with zero attached hydrogens (tertiary/aromatic N) is 9. The lowest BCUT2D eigenvalue weighted by molar-refractivity contribution is 0.0972. The second kappa shape index (κ2) is 17.9. The Labute approximate surface area is 323 Å². The molecule has 6 aromatic rings. The van der Waals surface area contributed by atoms with E-state index in [1.54, 1.807) is 30.9 Å². The maximum Gasteiger partial charge on any atom is 0.264 e. The first-order chi connectivity index (χ1) is 26.9. The molecular weight excluding hydrogens is 685 g/mol. The highest BCUT2D eigenvalue weighted by atomic mass is 16.1. The van der Waals surface area contributed by atoms with Crippen LogP contribution in [0.5, 0.6) is 0 Å². The van der Waals surface area contributed by atoms with Crippen molar-refractivity contribution in [1.29, 1.82) is 5.26 Å². The van der Waals surface area contributed by atoms with E-state index < -0.39 is 5.91 Å². The Bertz CT molecular complexity index is 2180. The molecule has 2 aromatic carbocycles. The van der Waals surface area contributed by atoms with Crippen molar-refractivity contribution < 1.29 is 4.79 Å². The average molecular weight is 733 g/mol. The van der Waals surface area contributed by atoms with Gasteiger partial charge in [-0.2, -0.15) is 5.26 Å². The number of likely N-dealkylation sites (tertiary alicyclic amines) is 1. The number of hydrogen-bond donors (Lipinski definition) is 1. The van der Waals surface area contributed by atoms with E-state index in [0.717, 1.165) is 50.0 Å². The third-order valence-corrected chi connectivity index (χ3v) is 10.3. The molecule has 0 bridgehead atoms. The number of benzene rings is 2. The fourth-order valence-electron chi connectivity index (χ4n) is 7.07. The molecule has 0 radical (unpaired) electrons. The van der Waals surface area contributed by atoms with Gasteiger partial charge in [0.25, 0.3) is 5.91 Å². The molecule has 0 spiro atoms. The van der Waals surface area contributed by atoms with Crippen LogP contribution in [0, 0.1) is 18.4 Å². The number of imidazole rings is 2. The Balaban J connectivity index is 0.000000172. The molecule has 4 aromatic heterocycles. The minimum Gasteiger partial charge on any atom is -0.335 e. The van der Waals surface area contributed by atoms with Gasteiger partial charge in [-0.25, -0.2) is 9.97 Å². The quantitative estimate of drug-likeness (QED) is 0.0974. The van der Waals surface area contributed by atoms with Crippen LogP contribution >= 0.6 is 0 Å². The van der Waals surface area contributed by atoms with Gasteiger partial charge in [-0.3, -0.25) is 25.0 Å². The molecule has 280 valence electrons. The van der Waals surface area contributed by atoms with Crippen molar-refractivity contribution in [3.8, 4) is 29.0 Å². The van der Waals surface area contributed by atoms with E-state index in [2.05, 4.69) is 108 Å². The maximum atomic E-state index is 11.8. The molecule has 2 aliphatic rings. The number of likely N-dealkylation sites (N-methyl/N-ethyl adjacent to an activating group) is 1. The molecule has 5 heterocycles. The molecule has 55 heavy (non-hydrogen) atoms. The van der Waals surface area contributed by atoms with Crippen molar-refractivity contribution in [2.24, 2.45) is 0 Å². The predicted molar refractivity (Wildman–Crippen MR) is 213 cm³/mol. The Morgan fingerprint density at radius 1 is 0.800 bits per heavy atom. The molecule has 1 saturated heterocycles. The zero-order chi connectivity index (χ0) is 38.0. The molecule has 11 nitrogen and oxygen atoms in total. The number of aromatic nitrogens is 6. The largest absolute Gasteiger partial charge is 0.335 e. The third-order valence-electron chi connectivity index (χ3n) is 10.3. The average Bonchev–Trinajstić information content (AvgIpc) is 3.54. The van der Waals surface area contributed by atoms with E-state index in [4.69, 9.17) is 5.26 Å². The van der Waals surface area contributed by atoms with Crippen molar-refractivity contribution in [2.75, 3.05) is 26.7 Å². The molecule has 1 atom stereocenters. The van der Waals surface area contributed by atoms with E-state index in [-0.39, 0.29) is 0 Å². The summed E-state index contributed by atoms with van der Waals surface area (Å²) in [7, 11) is 2.12. The number of hydrogen-bond acceptors (Lipinski definition) is 8. The van der Waals surface area contributed by atoms with Gasteiger partial charge in [0.05, 0.1) is 24.0 Å². The van der Waals surface area contributed by atoms with Crippen molar-refractivity contribution >= 4 is 5.91 Å². The summed E-state index contributed by atoms with van der Waals surface area (Å²) in [5.41, 5.74) is 9.11. The fraction of sp³-hybridized carbons (Fsp3) is 0.318. The minimum absolute atomic E-state index is 0.378. The molecule has 1 aliphatic heterocycles. The second-order valence-electron chi connectivity index (χ2n) is 14.6. The summed E-state index contributed by atoms with van der Waals surface area (Å²) in [4.78, 5) is 34.3. The van der Waals surface area contributed by atoms with Gasteiger partial charge in [-0.15, -0.1) is 0 Å². The molecule has 11 heteroatoms. The lowest BCUT2D eigenvalue weighted by Gasteiger charge is -2.25. The van der Waals surface area contributed by atoms with Crippen LogP contribution in [-0.4, -0.2) is 71.5 Å². The second-order valence-corrected chi connectivity index (χ2v) is 14.6. The van der Waals surface area contributed by atoms with E-state index in [1.807, 2.05) is 41.5 Å². The van der Waals surface area contributed by atoms with Crippen molar-refractivity contribution in [3.05, 3.63) is 144 Å². The summed E-state index contributed by atoms with van der Waals surface area (Å²) in [5, 5.41) is 10.7. The Hall–Kier alpha value is -5.96. The third kappa shape index (κ3) is 10.2. The Morgan fingerprint density at radius 3 is 2.22 bits per heavy atom. The zero-order valence-electron chi connectivity index (χ0n) is 31.6. The number of carbonyl (C=O) groups excluding carboxylic acids is 1. The lowest BCUT2D eigenvalue weighted by atomic mass is 10.0. The van der Waals surface area contributed by atoms with Crippen LogP contribution in [0.25, 0.3) is 22.8 Å². The highest BCUT2D eigenvalue weighted by Gasteiger charge is 2.25. The number of nitrogens with one attached hydrogen (secondary N) is 1. The number of aryl methyl sites for hydroxylation is 1. The van der Waals surface area contributed by atoms with Gasteiger partial charge in [0.2, 0.25) is 0 Å². The number of carbonyl (C=O) groups is 1. The molecule has 0 unspecified atom stereocenters. The minimum atomic E-state index is -0.452. The van der Waals surface area contributed by atoms with E-state index in [1.165, 1.54) is 54.5 Å². The molecule has 1 N–H and O–H groups in total. The fourth-order valence-corrected chi connectivity index (χ4v) is 7.07. The number of pyridine rings is 2. The highest BCUT2D eigenvalue weighted by molar-refractivity contribution is 5.95. The van der Waals surface area contributed by atoms with Gasteiger partial charge in [0.1, 0.15) is 11.4 Å². The Morgan fingerprint density at radius 2 is 1.51 bits per heavy atom. The molecule has 1 aliphatic carbocycles. The van der Waals surface area contributed by atoms with E-state index in [0.29, 0.717) is 23.0 Å². The van der Waals surface area contributed by atoms with Crippen LogP contribution < -0.4 is 5.32 Å². The molecule has 1 saturated carbocycles. The van der Waals surface area contributed by atoms with Crippen molar-refractivity contribution in [2.45, 2.75) is 64.2 Å². The summed E-state index contributed by atoms with van der Waals surface area (Å²) in [5.74, 6) is 0.343. The highest BCUT2D eigenvalue weighted by Crippen LogP contribution is 2.40. The summed E-state index contributed by atoms with van der Waals surface area (Å²) >= 11 is 0. The number of rotatable bonds is 13. The number of nitriles is 1. The van der Waals surface area contributed by atoms with Gasteiger partial charge >= 0.3 is 0 Å². The normalized spacial score (nSPS) is 15.3. The maximum absolute atomic E-state index is 11.8. The van der Waals surface area contributed by atoms with Crippen LogP contribution in [0.3, 0.4) is 0 Å². The summed E-state index contributed by atoms with van der Waals surface area (Å²) < 4.78 is 4.19. The first-order valence-electron chi connectivity index (χ1n) is 19.1.